The van der Waals surface area contributed by atoms with Crippen molar-refractivity contribution in [1.82, 2.24) is 10.2 Å². The number of aliphatic hydroxyl groups excluding tert-OH is 1. The standard InChI is InChI=1S/C9H18N2O/c12-9-3-6-11(7-9)8-1-4-10-5-2-8/h8-10,12H,1-7H2/t9-/m0/s1. The Morgan fingerprint density at radius 1 is 1.17 bits per heavy atom. The van der Waals surface area contributed by atoms with E-state index in [9.17, 15) is 5.11 Å². The van der Waals surface area contributed by atoms with E-state index in [4.69, 9.17) is 0 Å². The molecular formula is C9H18N2O. The van der Waals surface area contributed by atoms with Crippen molar-refractivity contribution in [2.75, 3.05) is 26.2 Å². The first-order chi connectivity index (χ1) is 5.86. The number of piperidine rings is 1. The number of hydrogen-bond donors (Lipinski definition) is 2. The van der Waals surface area contributed by atoms with Crippen molar-refractivity contribution in [2.45, 2.75) is 31.4 Å². The van der Waals surface area contributed by atoms with Crippen LogP contribution in [0.15, 0.2) is 0 Å². The average Bonchev–Trinajstić information content (AvgIpc) is 2.54. The molecule has 2 rings (SSSR count). The van der Waals surface area contributed by atoms with Gasteiger partial charge in [-0.2, -0.15) is 0 Å². The van der Waals surface area contributed by atoms with E-state index >= 15 is 0 Å². The molecular weight excluding hydrogens is 152 g/mol. The second-order valence-corrected chi connectivity index (χ2v) is 3.92. The number of β-amino-alcohol motifs (C(OH)–C–C–N with tert-alkyl or cyclic N) is 1. The van der Waals surface area contributed by atoms with Crippen molar-refractivity contribution in [3.05, 3.63) is 0 Å². The largest absolute Gasteiger partial charge is 0.392 e. The number of aliphatic hydroxyl groups is 1. The molecule has 3 nitrogen and oxygen atoms in total. The predicted octanol–water partition coefficient (Wildman–Crippen LogP) is -0.195. The maximum atomic E-state index is 9.37. The molecule has 0 aliphatic carbocycles. The quantitative estimate of drug-likeness (QED) is 0.572. The Labute approximate surface area is 73.8 Å². The third-order valence-corrected chi connectivity index (χ3v) is 3.02. The SMILES string of the molecule is O[C@H]1CCN(C2CCNCC2)C1. The Morgan fingerprint density at radius 3 is 2.50 bits per heavy atom. The van der Waals surface area contributed by atoms with Crippen LogP contribution in [0.4, 0.5) is 0 Å². The normalized spacial score (nSPS) is 34.2. The maximum Gasteiger partial charge on any atom is 0.0679 e. The second-order valence-electron chi connectivity index (χ2n) is 3.92. The van der Waals surface area contributed by atoms with E-state index in [-0.39, 0.29) is 6.10 Å². The van der Waals surface area contributed by atoms with Crippen LogP contribution in [0.25, 0.3) is 0 Å². The lowest BCUT2D eigenvalue weighted by Gasteiger charge is -2.31. The molecule has 0 aromatic rings. The summed E-state index contributed by atoms with van der Waals surface area (Å²) < 4.78 is 0. The fourth-order valence-electron chi connectivity index (χ4n) is 2.27. The van der Waals surface area contributed by atoms with Crippen LogP contribution in [0, 0.1) is 0 Å². The molecule has 2 saturated heterocycles. The highest BCUT2D eigenvalue weighted by Gasteiger charge is 2.27. The van der Waals surface area contributed by atoms with E-state index in [1.54, 1.807) is 0 Å². The summed E-state index contributed by atoms with van der Waals surface area (Å²) in [6.45, 7) is 4.31. The Morgan fingerprint density at radius 2 is 1.92 bits per heavy atom. The molecule has 2 fully saturated rings. The van der Waals surface area contributed by atoms with Gasteiger partial charge in [-0.1, -0.05) is 0 Å². The minimum Gasteiger partial charge on any atom is -0.392 e. The first-order valence-corrected chi connectivity index (χ1v) is 4.99. The zero-order chi connectivity index (χ0) is 8.39. The number of likely N-dealkylation sites (tertiary alicyclic amines) is 1. The molecule has 0 saturated carbocycles. The zero-order valence-corrected chi connectivity index (χ0v) is 7.50. The van der Waals surface area contributed by atoms with E-state index < -0.39 is 0 Å². The highest BCUT2D eigenvalue weighted by atomic mass is 16.3. The van der Waals surface area contributed by atoms with Gasteiger partial charge in [-0.15, -0.1) is 0 Å². The van der Waals surface area contributed by atoms with Gasteiger partial charge in [0.05, 0.1) is 6.10 Å². The summed E-state index contributed by atoms with van der Waals surface area (Å²) in [4.78, 5) is 2.45. The lowest BCUT2D eigenvalue weighted by atomic mass is 10.1. The Bertz CT molecular complexity index is 143. The van der Waals surface area contributed by atoms with E-state index in [1.165, 1.54) is 12.8 Å². The predicted molar refractivity (Wildman–Crippen MR) is 48.1 cm³/mol. The third kappa shape index (κ3) is 1.79. The highest BCUT2D eigenvalue weighted by molar-refractivity contribution is 4.83. The maximum absolute atomic E-state index is 9.37. The van der Waals surface area contributed by atoms with Crippen LogP contribution >= 0.6 is 0 Å². The van der Waals surface area contributed by atoms with Crippen molar-refractivity contribution in [3.8, 4) is 0 Å². The van der Waals surface area contributed by atoms with E-state index in [2.05, 4.69) is 10.2 Å². The summed E-state index contributed by atoms with van der Waals surface area (Å²) in [5, 5.41) is 12.7. The Balaban J connectivity index is 1.83. The monoisotopic (exact) mass is 170 g/mol. The number of hydrogen-bond acceptors (Lipinski definition) is 3. The van der Waals surface area contributed by atoms with Crippen LogP contribution in [0.3, 0.4) is 0 Å². The molecule has 2 aliphatic rings. The van der Waals surface area contributed by atoms with Crippen LogP contribution < -0.4 is 5.32 Å². The van der Waals surface area contributed by atoms with Gasteiger partial charge in [0.15, 0.2) is 0 Å². The van der Waals surface area contributed by atoms with E-state index in [1.807, 2.05) is 0 Å². The minimum absolute atomic E-state index is 0.0557. The van der Waals surface area contributed by atoms with Crippen LogP contribution in [0.5, 0.6) is 0 Å². The molecule has 70 valence electrons. The van der Waals surface area contributed by atoms with Gasteiger partial charge >= 0.3 is 0 Å². The summed E-state index contributed by atoms with van der Waals surface area (Å²) in [7, 11) is 0. The fraction of sp³-hybridized carbons (Fsp3) is 1.00. The number of rotatable bonds is 1. The van der Waals surface area contributed by atoms with E-state index in [0.717, 1.165) is 38.6 Å². The van der Waals surface area contributed by atoms with Gasteiger partial charge in [0, 0.05) is 19.1 Å². The van der Waals surface area contributed by atoms with Gasteiger partial charge < -0.3 is 10.4 Å². The summed E-state index contributed by atoms with van der Waals surface area (Å²) >= 11 is 0. The molecule has 3 heteroatoms. The molecule has 2 N–H and O–H groups in total. The molecule has 0 bridgehead atoms. The molecule has 0 radical (unpaired) electrons. The Kier molecular flexibility index (Phi) is 2.63. The lowest BCUT2D eigenvalue weighted by Crippen LogP contribution is -2.42. The van der Waals surface area contributed by atoms with Gasteiger partial charge in [0.1, 0.15) is 0 Å². The van der Waals surface area contributed by atoms with Crippen LogP contribution in [0.1, 0.15) is 19.3 Å². The van der Waals surface area contributed by atoms with Gasteiger partial charge in [-0.25, -0.2) is 0 Å². The molecule has 0 amide bonds. The molecule has 0 aromatic heterocycles. The molecule has 12 heavy (non-hydrogen) atoms. The van der Waals surface area contributed by atoms with E-state index in [0.29, 0.717) is 0 Å². The summed E-state index contributed by atoms with van der Waals surface area (Å²) in [6, 6.07) is 0.739. The topological polar surface area (TPSA) is 35.5 Å². The zero-order valence-electron chi connectivity index (χ0n) is 7.50. The molecule has 0 aromatic carbocycles. The van der Waals surface area contributed by atoms with Crippen molar-refractivity contribution in [3.63, 3.8) is 0 Å². The van der Waals surface area contributed by atoms with Crippen molar-refractivity contribution >= 4 is 0 Å². The van der Waals surface area contributed by atoms with Gasteiger partial charge in [-0.05, 0) is 32.4 Å². The molecule has 2 heterocycles. The number of nitrogens with zero attached hydrogens (tertiary/aromatic N) is 1. The summed E-state index contributed by atoms with van der Waals surface area (Å²) in [5.74, 6) is 0. The van der Waals surface area contributed by atoms with Gasteiger partial charge in [-0.3, -0.25) is 4.90 Å². The third-order valence-electron chi connectivity index (χ3n) is 3.02. The molecule has 0 unspecified atom stereocenters. The van der Waals surface area contributed by atoms with Gasteiger partial charge in [0.2, 0.25) is 0 Å². The summed E-state index contributed by atoms with van der Waals surface area (Å²) in [5.41, 5.74) is 0. The van der Waals surface area contributed by atoms with Crippen molar-refractivity contribution < 1.29 is 5.11 Å². The van der Waals surface area contributed by atoms with Gasteiger partial charge in [0.25, 0.3) is 0 Å². The molecule has 2 aliphatic heterocycles. The first kappa shape index (κ1) is 8.48. The van der Waals surface area contributed by atoms with Crippen LogP contribution in [0.2, 0.25) is 0 Å². The van der Waals surface area contributed by atoms with Crippen LogP contribution in [-0.2, 0) is 0 Å². The lowest BCUT2D eigenvalue weighted by molar-refractivity contribution is 0.145. The van der Waals surface area contributed by atoms with Crippen LogP contribution in [-0.4, -0.2) is 48.3 Å². The second kappa shape index (κ2) is 3.73. The Hall–Kier alpha value is -0.120. The molecule has 0 spiro atoms. The molecule has 1 atom stereocenters. The van der Waals surface area contributed by atoms with Crippen molar-refractivity contribution in [2.24, 2.45) is 0 Å². The minimum atomic E-state index is -0.0557. The fourth-order valence-corrected chi connectivity index (χ4v) is 2.27. The smallest absolute Gasteiger partial charge is 0.0679 e. The highest BCUT2D eigenvalue weighted by Crippen LogP contribution is 2.18. The first-order valence-electron chi connectivity index (χ1n) is 4.99. The average molecular weight is 170 g/mol. The summed E-state index contributed by atoms with van der Waals surface area (Å²) in [6.07, 6.45) is 3.43. The number of nitrogens with one attached hydrogen (secondary N) is 1. The van der Waals surface area contributed by atoms with Crippen molar-refractivity contribution in [1.29, 1.82) is 0 Å².